The van der Waals surface area contributed by atoms with Crippen LogP contribution in [0.25, 0.3) is 0 Å². The molecular weight excluding hydrogens is 282 g/mol. The van der Waals surface area contributed by atoms with Crippen molar-refractivity contribution in [2.75, 3.05) is 20.1 Å². The first kappa shape index (κ1) is 17.0. The third kappa shape index (κ3) is 4.55. The van der Waals surface area contributed by atoms with Crippen LogP contribution in [-0.2, 0) is 4.74 Å². The predicted molar refractivity (Wildman–Crippen MR) is 85.8 cm³/mol. The molecule has 1 amide bonds. The van der Waals surface area contributed by atoms with Crippen molar-refractivity contribution in [1.29, 1.82) is 0 Å². The number of likely N-dealkylation sites (tertiary alicyclic amines) is 1. The average molecular weight is 309 g/mol. The maximum Gasteiger partial charge on any atom is 0.413 e. The predicted octanol–water partition coefficient (Wildman–Crippen LogP) is 2.04. The number of aliphatic hydroxyl groups is 1. The number of carbonyl (C=O) groups is 1. The lowest BCUT2D eigenvalue weighted by Crippen LogP contribution is -2.45. The number of amides is 1. The Morgan fingerprint density at radius 3 is 2.50 bits per heavy atom. The number of piperidine rings is 1. The van der Waals surface area contributed by atoms with E-state index in [1.807, 2.05) is 20.8 Å². The molecule has 0 aromatic rings. The SMILES string of the molecule is CN1CCC(O)(C2=CN=C(NC(=O)OC(C)(C)C)CC2)CC1. The normalized spacial score (nSPS) is 22.6. The molecule has 124 valence electrons. The van der Waals surface area contributed by atoms with Crippen molar-refractivity contribution in [3.8, 4) is 0 Å². The molecule has 0 radical (unpaired) electrons. The van der Waals surface area contributed by atoms with Crippen LogP contribution in [0.4, 0.5) is 4.79 Å². The Morgan fingerprint density at radius 1 is 1.36 bits per heavy atom. The lowest BCUT2D eigenvalue weighted by Gasteiger charge is -2.38. The maximum atomic E-state index is 11.7. The van der Waals surface area contributed by atoms with E-state index < -0.39 is 17.3 Å². The van der Waals surface area contributed by atoms with Gasteiger partial charge in [0.1, 0.15) is 11.4 Å². The summed E-state index contributed by atoms with van der Waals surface area (Å²) >= 11 is 0. The molecule has 0 bridgehead atoms. The van der Waals surface area contributed by atoms with Crippen molar-refractivity contribution in [1.82, 2.24) is 10.2 Å². The Morgan fingerprint density at radius 2 is 2.00 bits per heavy atom. The van der Waals surface area contributed by atoms with Gasteiger partial charge in [0.05, 0.1) is 5.60 Å². The van der Waals surface area contributed by atoms with E-state index in [2.05, 4.69) is 22.3 Å². The highest BCUT2D eigenvalue weighted by molar-refractivity contribution is 5.96. The van der Waals surface area contributed by atoms with Crippen molar-refractivity contribution in [3.63, 3.8) is 0 Å². The third-order valence-corrected chi connectivity index (χ3v) is 4.06. The summed E-state index contributed by atoms with van der Waals surface area (Å²) in [5.74, 6) is 0.592. The van der Waals surface area contributed by atoms with Gasteiger partial charge in [0.25, 0.3) is 0 Å². The van der Waals surface area contributed by atoms with Gasteiger partial charge in [-0.2, -0.15) is 0 Å². The van der Waals surface area contributed by atoms with Crippen LogP contribution < -0.4 is 5.32 Å². The molecule has 0 aromatic heterocycles. The van der Waals surface area contributed by atoms with E-state index >= 15 is 0 Å². The highest BCUT2D eigenvalue weighted by atomic mass is 16.6. The summed E-state index contributed by atoms with van der Waals surface area (Å²) in [4.78, 5) is 18.2. The largest absolute Gasteiger partial charge is 0.444 e. The van der Waals surface area contributed by atoms with E-state index in [9.17, 15) is 9.90 Å². The van der Waals surface area contributed by atoms with Crippen LogP contribution in [0.2, 0.25) is 0 Å². The highest BCUT2D eigenvalue weighted by Gasteiger charge is 2.35. The molecule has 1 saturated heterocycles. The van der Waals surface area contributed by atoms with Crippen LogP contribution in [0, 0.1) is 0 Å². The van der Waals surface area contributed by atoms with Gasteiger partial charge in [0.15, 0.2) is 0 Å². The van der Waals surface area contributed by atoms with E-state index in [0.29, 0.717) is 12.3 Å². The van der Waals surface area contributed by atoms with Crippen molar-refractivity contribution in [2.24, 2.45) is 4.99 Å². The molecule has 2 aliphatic heterocycles. The number of hydrogen-bond acceptors (Lipinski definition) is 5. The van der Waals surface area contributed by atoms with Gasteiger partial charge < -0.3 is 14.7 Å². The van der Waals surface area contributed by atoms with Crippen LogP contribution in [0.15, 0.2) is 16.8 Å². The van der Waals surface area contributed by atoms with E-state index in [-0.39, 0.29) is 0 Å². The van der Waals surface area contributed by atoms with Crippen LogP contribution in [-0.4, -0.2) is 53.3 Å². The average Bonchev–Trinajstić information content (AvgIpc) is 2.41. The number of carbonyl (C=O) groups excluding carboxylic acids is 1. The second-order valence-electron chi connectivity index (χ2n) is 7.19. The number of nitrogens with one attached hydrogen (secondary N) is 1. The topological polar surface area (TPSA) is 74.2 Å². The van der Waals surface area contributed by atoms with Gasteiger partial charge >= 0.3 is 6.09 Å². The zero-order chi connectivity index (χ0) is 16.4. The lowest BCUT2D eigenvalue weighted by atomic mass is 9.82. The molecule has 6 nitrogen and oxygen atoms in total. The van der Waals surface area contributed by atoms with Gasteiger partial charge in [0.2, 0.25) is 0 Å². The quantitative estimate of drug-likeness (QED) is 0.777. The zero-order valence-corrected chi connectivity index (χ0v) is 14.0. The monoisotopic (exact) mass is 309 g/mol. The molecular formula is C16H27N3O3. The fourth-order valence-electron chi connectivity index (χ4n) is 2.72. The van der Waals surface area contributed by atoms with Crippen LogP contribution in [0.5, 0.6) is 0 Å². The minimum Gasteiger partial charge on any atom is -0.444 e. The van der Waals surface area contributed by atoms with Crippen molar-refractivity contribution < 1.29 is 14.6 Å². The number of nitrogens with zero attached hydrogens (tertiary/aromatic N) is 2. The first-order chi connectivity index (χ1) is 10.2. The van der Waals surface area contributed by atoms with E-state index in [0.717, 1.165) is 37.9 Å². The molecule has 1 fully saturated rings. The highest BCUT2D eigenvalue weighted by Crippen LogP contribution is 2.33. The molecule has 6 heteroatoms. The van der Waals surface area contributed by atoms with Gasteiger partial charge in [0, 0.05) is 25.7 Å². The molecule has 22 heavy (non-hydrogen) atoms. The summed E-state index contributed by atoms with van der Waals surface area (Å²) in [5, 5.41) is 13.4. The van der Waals surface area contributed by atoms with Crippen molar-refractivity contribution >= 4 is 11.9 Å². The Bertz CT molecular complexity index is 483. The fourth-order valence-corrected chi connectivity index (χ4v) is 2.72. The number of alkyl carbamates (subject to hydrolysis) is 1. The summed E-state index contributed by atoms with van der Waals surface area (Å²) in [5.41, 5.74) is -0.299. The smallest absolute Gasteiger partial charge is 0.413 e. The van der Waals surface area contributed by atoms with Crippen molar-refractivity contribution in [3.05, 3.63) is 11.8 Å². The van der Waals surface area contributed by atoms with Gasteiger partial charge in [-0.05, 0) is 52.7 Å². The lowest BCUT2D eigenvalue weighted by molar-refractivity contribution is 0.0134. The first-order valence-electron chi connectivity index (χ1n) is 7.85. The Labute approximate surface area is 132 Å². The minimum atomic E-state index is -0.743. The molecule has 0 atom stereocenters. The summed E-state index contributed by atoms with van der Waals surface area (Å²) in [7, 11) is 2.07. The summed E-state index contributed by atoms with van der Waals surface area (Å²) in [6.45, 7) is 7.25. The van der Waals surface area contributed by atoms with E-state index in [1.54, 1.807) is 6.20 Å². The summed E-state index contributed by atoms with van der Waals surface area (Å²) in [6, 6.07) is 0. The maximum absolute atomic E-state index is 11.7. The number of amidine groups is 1. The second kappa shape index (κ2) is 6.38. The fraction of sp³-hybridized carbons (Fsp3) is 0.750. The van der Waals surface area contributed by atoms with Gasteiger partial charge in [-0.15, -0.1) is 0 Å². The molecule has 0 aromatic carbocycles. The molecule has 0 unspecified atom stereocenters. The number of aliphatic imine (C=N–C) groups is 1. The standard InChI is InChI=1S/C16H27N3O3/c1-15(2,3)22-14(20)18-13-6-5-12(11-17-13)16(21)7-9-19(4)10-8-16/h11,21H,5-10H2,1-4H3,(H,17,18,20). The Kier molecular flexibility index (Phi) is 4.92. The zero-order valence-electron chi connectivity index (χ0n) is 14.0. The number of ether oxygens (including phenoxy) is 1. The molecule has 2 heterocycles. The molecule has 2 aliphatic rings. The number of rotatable bonds is 1. The van der Waals surface area contributed by atoms with Crippen LogP contribution in [0.3, 0.4) is 0 Å². The number of hydrogen-bond donors (Lipinski definition) is 2. The second-order valence-corrected chi connectivity index (χ2v) is 7.19. The van der Waals surface area contributed by atoms with Gasteiger partial charge in [-0.3, -0.25) is 5.32 Å². The first-order valence-corrected chi connectivity index (χ1v) is 7.85. The van der Waals surface area contributed by atoms with Crippen LogP contribution in [0.1, 0.15) is 46.5 Å². The Hall–Kier alpha value is -1.40. The summed E-state index contributed by atoms with van der Waals surface area (Å²) in [6.07, 6.45) is 4.03. The molecule has 2 rings (SSSR count). The van der Waals surface area contributed by atoms with Gasteiger partial charge in [-0.25, -0.2) is 9.79 Å². The van der Waals surface area contributed by atoms with Gasteiger partial charge in [-0.1, -0.05) is 0 Å². The molecule has 0 aliphatic carbocycles. The Balaban J connectivity index is 1.95. The molecule has 0 saturated carbocycles. The van der Waals surface area contributed by atoms with Crippen LogP contribution >= 0.6 is 0 Å². The minimum absolute atomic E-state index is 0.485. The van der Waals surface area contributed by atoms with Crippen molar-refractivity contribution in [2.45, 2.75) is 57.7 Å². The molecule has 2 N–H and O–H groups in total. The van der Waals surface area contributed by atoms with E-state index in [4.69, 9.17) is 4.74 Å². The summed E-state index contributed by atoms with van der Waals surface area (Å²) < 4.78 is 5.21. The third-order valence-electron chi connectivity index (χ3n) is 4.06. The molecule has 0 spiro atoms. The van der Waals surface area contributed by atoms with E-state index in [1.165, 1.54) is 0 Å².